The molecule has 0 aliphatic heterocycles. The van der Waals surface area contributed by atoms with Crippen LogP contribution < -0.4 is 5.73 Å². The first-order valence-corrected chi connectivity index (χ1v) is 6.75. The standard InChI is InChI=1S/C15H17N5/c1-10-18-13-5-4-11(9-14(13)19-10)12-6-8-17-15(20-12)3-2-7-16/h4-6,8-9H,2-3,7,16H2,1H3,(H,18,19). The third-order valence-corrected chi connectivity index (χ3v) is 3.21. The summed E-state index contributed by atoms with van der Waals surface area (Å²) in [7, 11) is 0. The number of aryl methyl sites for hydroxylation is 2. The van der Waals surface area contributed by atoms with Gasteiger partial charge in [0.15, 0.2) is 0 Å². The number of nitrogens with two attached hydrogens (primary N) is 1. The van der Waals surface area contributed by atoms with Crippen molar-refractivity contribution in [1.82, 2.24) is 19.9 Å². The van der Waals surface area contributed by atoms with Gasteiger partial charge >= 0.3 is 0 Å². The molecule has 3 N–H and O–H groups in total. The van der Waals surface area contributed by atoms with Crippen LogP contribution in [-0.4, -0.2) is 26.5 Å². The minimum atomic E-state index is 0.660. The van der Waals surface area contributed by atoms with Crippen LogP contribution in [0.3, 0.4) is 0 Å². The van der Waals surface area contributed by atoms with Gasteiger partial charge in [0.25, 0.3) is 0 Å². The van der Waals surface area contributed by atoms with Crippen LogP contribution in [0.1, 0.15) is 18.1 Å². The van der Waals surface area contributed by atoms with Crippen molar-refractivity contribution in [3.05, 3.63) is 42.1 Å². The summed E-state index contributed by atoms with van der Waals surface area (Å²) in [4.78, 5) is 16.5. The van der Waals surface area contributed by atoms with Gasteiger partial charge < -0.3 is 10.7 Å². The molecule has 2 heterocycles. The molecule has 0 amide bonds. The summed E-state index contributed by atoms with van der Waals surface area (Å²) in [5.74, 6) is 1.76. The van der Waals surface area contributed by atoms with E-state index in [9.17, 15) is 0 Å². The molecule has 0 spiro atoms. The number of hydrogen-bond donors (Lipinski definition) is 2. The maximum absolute atomic E-state index is 5.52. The zero-order valence-corrected chi connectivity index (χ0v) is 11.4. The minimum absolute atomic E-state index is 0.660. The Labute approximate surface area is 117 Å². The van der Waals surface area contributed by atoms with Gasteiger partial charge in [0, 0.05) is 18.2 Å². The van der Waals surface area contributed by atoms with Gasteiger partial charge in [0.05, 0.1) is 16.7 Å². The number of aromatic amines is 1. The fourth-order valence-electron chi connectivity index (χ4n) is 2.24. The number of benzene rings is 1. The summed E-state index contributed by atoms with van der Waals surface area (Å²) in [6, 6.07) is 8.05. The predicted molar refractivity (Wildman–Crippen MR) is 79.2 cm³/mol. The molecular weight excluding hydrogens is 250 g/mol. The van der Waals surface area contributed by atoms with Crippen molar-refractivity contribution in [1.29, 1.82) is 0 Å². The first-order valence-electron chi connectivity index (χ1n) is 6.75. The van der Waals surface area contributed by atoms with Crippen LogP contribution in [0.2, 0.25) is 0 Å². The summed E-state index contributed by atoms with van der Waals surface area (Å²) < 4.78 is 0. The number of fused-ring (bicyclic) bond motifs is 1. The molecule has 20 heavy (non-hydrogen) atoms. The van der Waals surface area contributed by atoms with Crippen molar-refractivity contribution in [2.75, 3.05) is 6.54 Å². The third-order valence-electron chi connectivity index (χ3n) is 3.21. The molecule has 0 fully saturated rings. The van der Waals surface area contributed by atoms with E-state index in [0.717, 1.165) is 46.8 Å². The van der Waals surface area contributed by atoms with Gasteiger partial charge in [0.2, 0.25) is 0 Å². The number of aromatic nitrogens is 4. The van der Waals surface area contributed by atoms with E-state index in [0.29, 0.717) is 6.54 Å². The second-order valence-corrected chi connectivity index (χ2v) is 4.80. The van der Waals surface area contributed by atoms with E-state index in [1.807, 2.05) is 25.1 Å². The van der Waals surface area contributed by atoms with Crippen molar-refractivity contribution in [3.8, 4) is 11.3 Å². The van der Waals surface area contributed by atoms with Crippen LogP contribution in [0, 0.1) is 6.92 Å². The number of nitrogens with one attached hydrogen (secondary N) is 1. The van der Waals surface area contributed by atoms with E-state index >= 15 is 0 Å². The molecule has 0 saturated heterocycles. The van der Waals surface area contributed by atoms with Gasteiger partial charge in [-0.05, 0) is 38.1 Å². The van der Waals surface area contributed by atoms with E-state index in [4.69, 9.17) is 5.73 Å². The first kappa shape index (κ1) is 12.7. The fourth-order valence-corrected chi connectivity index (χ4v) is 2.24. The van der Waals surface area contributed by atoms with Crippen molar-refractivity contribution < 1.29 is 0 Å². The van der Waals surface area contributed by atoms with Crippen LogP contribution in [-0.2, 0) is 6.42 Å². The molecule has 0 radical (unpaired) electrons. The normalized spacial score (nSPS) is 11.1. The Bertz CT molecular complexity index is 732. The largest absolute Gasteiger partial charge is 0.342 e. The van der Waals surface area contributed by atoms with E-state index in [-0.39, 0.29) is 0 Å². The van der Waals surface area contributed by atoms with Crippen LogP contribution in [0.5, 0.6) is 0 Å². The maximum Gasteiger partial charge on any atom is 0.128 e. The average molecular weight is 267 g/mol. The number of hydrogen-bond acceptors (Lipinski definition) is 4. The molecule has 5 heteroatoms. The van der Waals surface area contributed by atoms with Crippen molar-refractivity contribution in [2.45, 2.75) is 19.8 Å². The van der Waals surface area contributed by atoms with Crippen molar-refractivity contribution in [2.24, 2.45) is 5.73 Å². The second-order valence-electron chi connectivity index (χ2n) is 4.80. The van der Waals surface area contributed by atoms with Crippen LogP contribution >= 0.6 is 0 Å². The van der Waals surface area contributed by atoms with Gasteiger partial charge in [-0.2, -0.15) is 0 Å². The zero-order valence-electron chi connectivity index (χ0n) is 11.4. The highest BCUT2D eigenvalue weighted by atomic mass is 14.9. The number of nitrogens with zero attached hydrogens (tertiary/aromatic N) is 3. The highest BCUT2D eigenvalue weighted by molar-refractivity contribution is 5.81. The first-order chi connectivity index (χ1) is 9.76. The highest BCUT2D eigenvalue weighted by Gasteiger charge is 2.05. The summed E-state index contributed by atoms with van der Waals surface area (Å²) in [5, 5.41) is 0. The lowest BCUT2D eigenvalue weighted by atomic mass is 10.1. The quantitative estimate of drug-likeness (QED) is 0.759. The predicted octanol–water partition coefficient (Wildman–Crippen LogP) is 2.22. The highest BCUT2D eigenvalue weighted by Crippen LogP contribution is 2.21. The summed E-state index contributed by atoms with van der Waals surface area (Å²) in [6.07, 6.45) is 3.52. The summed E-state index contributed by atoms with van der Waals surface area (Å²) in [5.41, 5.74) is 9.53. The molecule has 0 aliphatic carbocycles. The Morgan fingerprint density at radius 1 is 1.20 bits per heavy atom. The molecule has 0 atom stereocenters. The molecule has 3 aromatic rings. The van der Waals surface area contributed by atoms with Crippen LogP contribution in [0.4, 0.5) is 0 Å². The van der Waals surface area contributed by atoms with Gasteiger partial charge in [-0.3, -0.25) is 0 Å². The molecule has 0 aliphatic rings. The van der Waals surface area contributed by atoms with Gasteiger partial charge in [-0.1, -0.05) is 6.07 Å². The molecule has 5 nitrogen and oxygen atoms in total. The SMILES string of the molecule is Cc1nc2ccc(-c3ccnc(CCCN)n3)cc2[nH]1. The van der Waals surface area contributed by atoms with Crippen LogP contribution in [0.25, 0.3) is 22.3 Å². The van der Waals surface area contributed by atoms with E-state index in [1.54, 1.807) is 6.20 Å². The maximum atomic E-state index is 5.52. The molecule has 0 unspecified atom stereocenters. The molecule has 0 saturated carbocycles. The average Bonchev–Trinajstić information content (AvgIpc) is 2.84. The summed E-state index contributed by atoms with van der Waals surface area (Å²) in [6.45, 7) is 2.61. The number of H-pyrrole nitrogens is 1. The summed E-state index contributed by atoms with van der Waals surface area (Å²) >= 11 is 0. The fraction of sp³-hybridized carbons (Fsp3) is 0.267. The molecular formula is C15H17N5. The Morgan fingerprint density at radius 2 is 2.10 bits per heavy atom. The Hall–Kier alpha value is -2.27. The monoisotopic (exact) mass is 267 g/mol. The van der Waals surface area contributed by atoms with E-state index in [1.165, 1.54) is 0 Å². The van der Waals surface area contributed by atoms with E-state index in [2.05, 4.69) is 26.0 Å². The van der Waals surface area contributed by atoms with Crippen molar-refractivity contribution >= 4 is 11.0 Å². The van der Waals surface area contributed by atoms with Gasteiger partial charge in [-0.25, -0.2) is 15.0 Å². The van der Waals surface area contributed by atoms with E-state index < -0.39 is 0 Å². The van der Waals surface area contributed by atoms with Gasteiger partial charge in [0.1, 0.15) is 11.6 Å². The lowest BCUT2D eigenvalue weighted by Gasteiger charge is -2.03. The molecule has 0 bridgehead atoms. The second kappa shape index (κ2) is 5.38. The van der Waals surface area contributed by atoms with Crippen molar-refractivity contribution in [3.63, 3.8) is 0 Å². The Morgan fingerprint density at radius 3 is 2.95 bits per heavy atom. The molecule has 102 valence electrons. The number of imidazole rings is 1. The lowest BCUT2D eigenvalue weighted by Crippen LogP contribution is -2.03. The third kappa shape index (κ3) is 2.53. The Kier molecular flexibility index (Phi) is 3.43. The Balaban J connectivity index is 1.97. The molecule has 2 aromatic heterocycles. The lowest BCUT2D eigenvalue weighted by molar-refractivity contribution is 0.782. The molecule has 3 rings (SSSR count). The zero-order chi connectivity index (χ0) is 13.9. The van der Waals surface area contributed by atoms with Gasteiger partial charge in [-0.15, -0.1) is 0 Å². The smallest absolute Gasteiger partial charge is 0.128 e. The minimum Gasteiger partial charge on any atom is -0.342 e. The van der Waals surface area contributed by atoms with Crippen LogP contribution in [0.15, 0.2) is 30.5 Å². The topological polar surface area (TPSA) is 80.5 Å². The number of rotatable bonds is 4. The molecule has 1 aromatic carbocycles.